The standard InChI is InChI=1S/C18H14F2N2O3S/c1-10-7-14(11(2)22(10)18-21-5-6-26-18)16(23)9-25-17(24)13-4-3-12(19)8-15(13)20/h3-8H,9H2,1-2H3. The van der Waals surface area contributed by atoms with Crippen molar-refractivity contribution < 1.29 is 23.1 Å². The maximum Gasteiger partial charge on any atom is 0.341 e. The fourth-order valence-corrected chi connectivity index (χ4v) is 3.36. The number of carbonyl (C=O) groups excluding carboxylic acids is 2. The number of ketones is 1. The van der Waals surface area contributed by atoms with Gasteiger partial charge in [0.05, 0.1) is 5.56 Å². The Labute approximate surface area is 151 Å². The van der Waals surface area contributed by atoms with E-state index in [1.165, 1.54) is 11.3 Å². The van der Waals surface area contributed by atoms with E-state index in [9.17, 15) is 18.4 Å². The number of thiazole rings is 1. The van der Waals surface area contributed by atoms with E-state index >= 15 is 0 Å². The van der Waals surface area contributed by atoms with Crippen molar-refractivity contribution in [2.45, 2.75) is 13.8 Å². The molecule has 0 amide bonds. The van der Waals surface area contributed by atoms with Gasteiger partial charge in [0.2, 0.25) is 5.78 Å². The molecule has 0 saturated heterocycles. The predicted molar refractivity (Wildman–Crippen MR) is 91.9 cm³/mol. The van der Waals surface area contributed by atoms with Crippen molar-refractivity contribution >= 4 is 23.1 Å². The number of esters is 1. The third-order valence-electron chi connectivity index (χ3n) is 3.83. The fraction of sp³-hybridized carbons (Fsp3) is 0.167. The highest BCUT2D eigenvalue weighted by molar-refractivity contribution is 7.12. The first-order valence-corrected chi connectivity index (χ1v) is 8.50. The summed E-state index contributed by atoms with van der Waals surface area (Å²) in [6.45, 7) is 3.06. The Balaban J connectivity index is 1.75. The zero-order valence-electron chi connectivity index (χ0n) is 14.0. The Kier molecular flexibility index (Phi) is 4.94. The molecule has 134 valence electrons. The second kappa shape index (κ2) is 7.17. The Morgan fingerprint density at radius 2 is 1.96 bits per heavy atom. The molecule has 0 unspecified atom stereocenters. The van der Waals surface area contributed by atoms with Crippen LogP contribution in [0, 0.1) is 25.5 Å². The largest absolute Gasteiger partial charge is 0.454 e. The van der Waals surface area contributed by atoms with Gasteiger partial charge in [-0.1, -0.05) is 0 Å². The molecule has 0 spiro atoms. The van der Waals surface area contributed by atoms with Crippen molar-refractivity contribution in [2.75, 3.05) is 6.61 Å². The van der Waals surface area contributed by atoms with Crippen LogP contribution in [0.4, 0.5) is 8.78 Å². The maximum absolute atomic E-state index is 13.6. The van der Waals surface area contributed by atoms with E-state index < -0.39 is 35.6 Å². The maximum atomic E-state index is 13.6. The SMILES string of the molecule is Cc1cc(C(=O)COC(=O)c2ccc(F)cc2F)c(C)n1-c1nccs1. The van der Waals surface area contributed by atoms with Crippen LogP contribution >= 0.6 is 11.3 Å². The fourth-order valence-electron chi connectivity index (χ4n) is 2.61. The molecule has 3 aromatic rings. The average molecular weight is 376 g/mol. The first-order valence-electron chi connectivity index (χ1n) is 7.62. The molecule has 0 atom stereocenters. The lowest BCUT2D eigenvalue weighted by Crippen LogP contribution is -2.16. The highest BCUT2D eigenvalue weighted by Gasteiger charge is 2.20. The summed E-state index contributed by atoms with van der Waals surface area (Å²) in [5.41, 5.74) is 1.46. The number of aromatic nitrogens is 2. The molecule has 0 fully saturated rings. The zero-order valence-corrected chi connectivity index (χ0v) is 14.8. The number of nitrogens with zero attached hydrogens (tertiary/aromatic N) is 2. The van der Waals surface area contributed by atoms with Crippen LogP contribution in [0.25, 0.3) is 5.13 Å². The van der Waals surface area contributed by atoms with E-state index in [2.05, 4.69) is 4.98 Å². The molecule has 5 nitrogen and oxygen atoms in total. The van der Waals surface area contributed by atoms with Crippen molar-refractivity contribution in [3.8, 4) is 5.13 Å². The van der Waals surface area contributed by atoms with Crippen molar-refractivity contribution in [3.05, 3.63) is 70.0 Å². The summed E-state index contributed by atoms with van der Waals surface area (Å²) in [6.07, 6.45) is 1.67. The molecule has 0 saturated carbocycles. The molecule has 1 aromatic carbocycles. The summed E-state index contributed by atoms with van der Waals surface area (Å²) in [4.78, 5) is 28.5. The van der Waals surface area contributed by atoms with Crippen LogP contribution in [0.3, 0.4) is 0 Å². The van der Waals surface area contributed by atoms with Gasteiger partial charge in [0.25, 0.3) is 0 Å². The first-order chi connectivity index (χ1) is 12.4. The van der Waals surface area contributed by atoms with Crippen molar-refractivity contribution in [1.29, 1.82) is 0 Å². The van der Waals surface area contributed by atoms with Gasteiger partial charge in [0.1, 0.15) is 11.6 Å². The van der Waals surface area contributed by atoms with Crippen molar-refractivity contribution in [2.24, 2.45) is 0 Å². The van der Waals surface area contributed by atoms with Crippen LogP contribution < -0.4 is 0 Å². The highest BCUT2D eigenvalue weighted by atomic mass is 32.1. The lowest BCUT2D eigenvalue weighted by molar-refractivity contribution is 0.0470. The quantitative estimate of drug-likeness (QED) is 0.501. The van der Waals surface area contributed by atoms with Crippen LogP contribution in [0.5, 0.6) is 0 Å². The Hall–Kier alpha value is -2.87. The van der Waals surface area contributed by atoms with E-state index in [1.807, 2.05) is 16.9 Å². The Morgan fingerprint density at radius 1 is 1.19 bits per heavy atom. The topological polar surface area (TPSA) is 61.2 Å². The van der Waals surface area contributed by atoms with Gasteiger partial charge in [-0.2, -0.15) is 0 Å². The number of benzene rings is 1. The summed E-state index contributed by atoms with van der Waals surface area (Å²) < 4.78 is 33.2. The van der Waals surface area contributed by atoms with Gasteiger partial charge in [0, 0.05) is 34.6 Å². The average Bonchev–Trinajstić information content (AvgIpc) is 3.20. The molecule has 0 N–H and O–H groups in total. The minimum atomic E-state index is -1.04. The van der Waals surface area contributed by atoms with Gasteiger partial charge < -0.3 is 4.74 Å². The Morgan fingerprint density at radius 3 is 2.62 bits per heavy atom. The molecule has 26 heavy (non-hydrogen) atoms. The molecule has 2 aromatic heterocycles. The van der Waals surface area contributed by atoms with Gasteiger partial charge in [-0.25, -0.2) is 18.6 Å². The van der Waals surface area contributed by atoms with Gasteiger partial charge in [0.15, 0.2) is 11.7 Å². The number of Topliss-reactive ketones (excluding diaryl/α,β-unsaturated/α-hetero) is 1. The molecule has 0 bridgehead atoms. The smallest absolute Gasteiger partial charge is 0.341 e. The van der Waals surface area contributed by atoms with Crippen LogP contribution in [0.15, 0.2) is 35.8 Å². The molecular formula is C18H14F2N2O3S. The number of carbonyl (C=O) groups is 2. The molecular weight excluding hydrogens is 362 g/mol. The second-order valence-electron chi connectivity index (χ2n) is 5.56. The molecule has 0 radical (unpaired) electrons. The van der Waals surface area contributed by atoms with Crippen LogP contribution in [-0.2, 0) is 4.74 Å². The van der Waals surface area contributed by atoms with Gasteiger partial charge in [-0.15, -0.1) is 11.3 Å². The number of hydrogen-bond donors (Lipinski definition) is 0. The highest BCUT2D eigenvalue weighted by Crippen LogP contribution is 2.22. The molecule has 0 aliphatic carbocycles. The molecule has 0 aliphatic rings. The van der Waals surface area contributed by atoms with Crippen LogP contribution in [-0.4, -0.2) is 27.9 Å². The van der Waals surface area contributed by atoms with Gasteiger partial charge in [-0.05, 0) is 32.0 Å². The first kappa shape index (κ1) is 17.9. The third kappa shape index (κ3) is 3.41. The summed E-state index contributed by atoms with van der Waals surface area (Å²) in [7, 11) is 0. The summed E-state index contributed by atoms with van der Waals surface area (Å²) in [5, 5.41) is 2.55. The van der Waals surface area contributed by atoms with E-state index in [0.717, 1.165) is 23.0 Å². The normalized spacial score (nSPS) is 10.8. The predicted octanol–water partition coefficient (Wildman–Crippen LogP) is 3.87. The van der Waals surface area contributed by atoms with Gasteiger partial charge >= 0.3 is 5.97 Å². The minimum absolute atomic E-state index is 0.394. The van der Waals surface area contributed by atoms with E-state index in [-0.39, 0.29) is 0 Å². The number of ether oxygens (including phenoxy) is 1. The Bertz CT molecular complexity index is 981. The van der Waals surface area contributed by atoms with Gasteiger partial charge in [-0.3, -0.25) is 9.36 Å². The van der Waals surface area contributed by atoms with E-state index in [4.69, 9.17) is 4.74 Å². The van der Waals surface area contributed by atoms with Crippen molar-refractivity contribution in [1.82, 2.24) is 9.55 Å². The second-order valence-corrected chi connectivity index (χ2v) is 6.43. The number of rotatable bonds is 5. The van der Waals surface area contributed by atoms with Crippen LogP contribution in [0.2, 0.25) is 0 Å². The summed E-state index contributed by atoms with van der Waals surface area (Å²) >= 11 is 1.43. The minimum Gasteiger partial charge on any atom is -0.454 e. The molecule has 8 heteroatoms. The monoisotopic (exact) mass is 376 g/mol. The third-order valence-corrected chi connectivity index (χ3v) is 4.58. The number of aryl methyl sites for hydroxylation is 1. The summed E-state index contributed by atoms with van der Waals surface area (Å²) in [6, 6.07) is 4.19. The van der Waals surface area contributed by atoms with Crippen LogP contribution in [0.1, 0.15) is 32.1 Å². The molecule has 3 rings (SSSR count). The van der Waals surface area contributed by atoms with Crippen molar-refractivity contribution in [3.63, 3.8) is 0 Å². The van der Waals surface area contributed by atoms with E-state index in [0.29, 0.717) is 17.3 Å². The molecule has 2 heterocycles. The molecule has 0 aliphatic heterocycles. The summed E-state index contributed by atoms with van der Waals surface area (Å²) in [5.74, 6) is -3.28. The lowest BCUT2D eigenvalue weighted by Gasteiger charge is -2.07. The number of hydrogen-bond acceptors (Lipinski definition) is 5. The van der Waals surface area contributed by atoms with E-state index in [1.54, 1.807) is 19.2 Å². The lowest BCUT2D eigenvalue weighted by atomic mass is 10.1. The number of halogens is 2. The zero-order chi connectivity index (χ0) is 18.8.